The number of allylic oxidation sites excluding steroid dienone is 1. The van der Waals surface area contributed by atoms with Crippen LogP contribution in [0.1, 0.15) is 34.8 Å². The molecule has 1 aliphatic heterocycles. The fourth-order valence-electron chi connectivity index (χ4n) is 4.53. The Bertz CT molecular complexity index is 1600. The van der Waals surface area contributed by atoms with Crippen LogP contribution in [0.4, 0.5) is 8.78 Å². The third kappa shape index (κ3) is 4.91. The Morgan fingerprint density at radius 3 is 2.89 bits per heavy atom. The van der Waals surface area contributed by atoms with E-state index in [0.717, 1.165) is 32.6 Å². The zero-order chi connectivity index (χ0) is 26.2. The molecule has 0 radical (unpaired) electrons. The number of pyridine rings is 1. The molecule has 186 valence electrons. The van der Waals surface area contributed by atoms with E-state index in [2.05, 4.69) is 10.3 Å². The molecule has 1 atom stereocenters. The lowest BCUT2D eigenvalue weighted by molar-refractivity contribution is -0.131. The molecule has 2 amide bonds. The Labute approximate surface area is 211 Å². The molecule has 2 aromatic carbocycles. The molecule has 0 saturated carbocycles. The van der Waals surface area contributed by atoms with Crippen molar-refractivity contribution in [2.45, 2.75) is 25.3 Å². The quantitative estimate of drug-likeness (QED) is 0.388. The van der Waals surface area contributed by atoms with Crippen molar-refractivity contribution in [2.75, 3.05) is 13.1 Å². The topological polar surface area (TPSA) is 99.2 Å². The van der Waals surface area contributed by atoms with Gasteiger partial charge in [0.05, 0.1) is 36.5 Å². The normalized spacial score (nSPS) is 17.2. The summed E-state index contributed by atoms with van der Waals surface area (Å²) in [6, 6.07) is 15.4. The Morgan fingerprint density at radius 1 is 1.24 bits per heavy atom. The van der Waals surface area contributed by atoms with E-state index >= 15 is 0 Å². The average Bonchev–Trinajstić information content (AvgIpc) is 3.49. The monoisotopic (exact) mass is 500 g/mol. The molecule has 3 heterocycles. The van der Waals surface area contributed by atoms with Gasteiger partial charge in [0.2, 0.25) is 5.91 Å². The first kappa shape index (κ1) is 24.1. The van der Waals surface area contributed by atoms with Crippen LogP contribution in [-0.2, 0) is 4.79 Å². The summed E-state index contributed by atoms with van der Waals surface area (Å²) in [7, 11) is 0. The molecule has 37 heavy (non-hydrogen) atoms. The third-order valence-electron chi connectivity index (χ3n) is 6.44. The summed E-state index contributed by atoms with van der Waals surface area (Å²) in [5.41, 5.74) is 4.51. The van der Waals surface area contributed by atoms with E-state index in [1.54, 1.807) is 18.4 Å². The third-order valence-corrected chi connectivity index (χ3v) is 6.44. The van der Waals surface area contributed by atoms with E-state index in [9.17, 15) is 18.4 Å². The predicted octanol–water partition coefficient (Wildman–Crippen LogP) is 5.03. The zero-order valence-electron chi connectivity index (χ0n) is 19.9. The number of hydrogen-bond donors (Lipinski definition) is 1. The van der Waals surface area contributed by atoms with Crippen LogP contribution in [0.15, 0.2) is 65.4 Å². The second-order valence-corrected chi connectivity index (χ2v) is 9.04. The van der Waals surface area contributed by atoms with Gasteiger partial charge in [0.25, 0.3) is 11.8 Å². The van der Waals surface area contributed by atoms with Crippen LogP contribution < -0.4 is 5.32 Å². The molecule has 7 nitrogen and oxygen atoms in total. The van der Waals surface area contributed by atoms with Gasteiger partial charge in [-0.2, -0.15) is 5.26 Å². The van der Waals surface area contributed by atoms with Gasteiger partial charge in [0.1, 0.15) is 11.6 Å². The highest BCUT2D eigenvalue weighted by Gasteiger charge is 2.47. The van der Waals surface area contributed by atoms with Gasteiger partial charge in [-0.15, -0.1) is 0 Å². The maximum Gasteiger partial charge on any atom is 0.268 e. The maximum atomic E-state index is 13.7. The Balaban J connectivity index is 1.36. The SMILES string of the molecule is C/C(=C\c1ccc2nccc(C(=O)NCC(=O)N3CC(F)(F)C[C@H]3C#N)c2c1)c1ccc2ccoc2c1. The van der Waals surface area contributed by atoms with Crippen molar-refractivity contribution in [1.29, 1.82) is 5.26 Å². The van der Waals surface area contributed by atoms with Crippen molar-refractivity contribution in [3.05, 3.63) is 77.7 Å². The summed E-state index contributed by atoms with van der Waals surface area (Å²) in [5.74, 6) is -4.39. The molecule has 1 aliphatic rings. The van der Waals surface area contributed by atoms with Crippen molar-refractivity contribution in [3.63, 3.8) is 0 Å². The Kier molecular flexibility index (Phi) is 6.17. The minimum Gasteiger partial charge on any atom is -0.464 e. The number of halogens is 2. The van der Waals surface area contributed by atoms with Gasteiger partial charge in [-0.05, 0) is 54.0 Å². The standard InChI is InChI=1S/C28H22F2N4O3/c1-17(20-4-3-19-7-9-37-25(19)12-20)10-18-2-5-24-23(11-18)22(6-8-32-24)27(36)33-15-26(35)34-16-28(29,30)13-21(34)14-31/h2-12,21H,13,15-16H2,1H3,(H,33,36)/b17-10+/t21-/m0/s1. The van der Waals surface area contributed by atoms with E-state index in [1.165, 1.54) is 12.3 Å². The second-order valence-electron chi connectivity index (χ2n) is 9.04. The van der Waals surface area contributed by atoms with E-state index in [1.807, 2.05) is 49.4 Å². The van der Waals surface area contributed by atoms with Gasteiger partial charge >= 0.3 is 0 Å². The van der Waals surface area contributed by atoms with Crippen LogP contribution in [0.5, 0.6) is 0 Å². The summed E-state index contributed by atoms with van der Waals surface area (Å²) in [6.45, 7) is 0.651. The predicted molar refractivity (Wildman–Crippen MR) is 135 cm³/mol. The van der Waals surface area contributed by atoms with Crippen molar-refractivity contribution < 1.29 is 22.8 Å². The molecular weight excluding hydrogens is 478 g/mol. The van der Waals surface area contributed by atoms with Gasteiger partial charge in [-0.3, -0.25) is 14.6 Å². The minimum absolute atomic E-state index is 0.297. The van der Waals surface area contributed by atoms with Crippen molar-refractivity contribution >= 4 is 45.3 Å². The lowest BCUT2D eigenvalue weighted by Gasteiger charge is -2.19. The Hall–Kier alpha value is -4.58. The van der Waals surface area contributed by atoms with Crippen LogP contribution in [0.25, 0.3) is 33.5 Å². The number of fused-ring (bicyclic) bond motifs is 2. The highest BCUT2D eigenvalue weighted by Crippen LogP contribution is 2.31. The molecule has 1 saturated heterocycles. The lowest BCUT2D eigenvalue weighted by atomic mass is 10.0. The number of hydrogen-bond acceptors (Lipinski definition) is 5. The number of alkyl halides is 2. The first-order chi connectivity index (χ1) is 17.7. The highest BCUT2D eigenvalue weighted by molar-refractivity contribution is 6.07. The zero-order valence-corrected chi connectivity index (χ0v) is 19.9. The fourth-order valence-corrected chi connectivity index (χ4v) is 4.53. The molecule has 1 fully saturated rings. The number of carbonyl (C=O) groups excluding carboxylic acids is 2. The first-order valence-corrected chi connectivity index (χ1v) is 11.6. The molecule has 2 aromatic heterocycles. The van der Waals surface area contributed by atoms with Gasteiger partial charge < -0.3 is 14.6 Å². The number of benzene rings is 2. The van der Waals surface area contributed by atoms with E-state index in [4.69, 9.17) is 9.68 Å². The molecule has 0 spiro atoms. The number of likely N-dealkylation sites (tertiary alicyclic amines) is 1. The Morgan fingerprint density at radius 2 is 2.08 bits per heavy atom. The maximum absolute atomic E-state index is 13.7. The molecule has 0 unspecified atom stereocenters. The number of carbonyl (C=O) groups is 2. The molecule has 0 aliphatic carbocycles. The molecule has 0 bridgehead atoms. The fraction of sp³-hybridized carbons (Fsp3) is 0.214. The summed E-state index contributed by atoms with van der Waals surface area (Å²) in [5, 5.41) is 13.2. The number of nitrogens with one attached hydrogen (secondary N) is 1. The number of amides is 2. The molecule has 9 heteroatoms. The summed E-state index contributed by atoms with van der Waals surface area (Å²) in [4.78, 5) is 30.6. The summed E-state index contributed by atoms with van der Waals surface area (Å²) >= 11 is 0. The van der Waals surface area contributed by atoms with Gasteiger partial charge in [0.15, 0.2) is 0 Å². The van der Waals surface area contributed by atoms with E-state index in [0.29, 0.717) is 16.5 Å². The summed E-state index contributed by atoms with van der Waals surface area (Å²) < 4.78 is 32.8. The van der Waals surface area contributed by atoms with Crippen molar-refractivity contribution in [2.24, 2.45) is 0 Å². The minimum atomic E-state index is -3.12. The smallest absolute Gasteiger partial charge is 0.268 e. The molecule has 4 aromatic rings. The van der Waals surface area contributed by atoms with E-state index in [-0.39, 0.29) is 0 Å². The number of rotatable bonds is 5. The van der Waals surface area contributed by atoms with Crippen LogP contribution in [0.3, 0.4) is 0 Å². The second kappa shape index (κ2) is 9.47. The average molecular weight is 501 g/mol. The van der Waals surface area contributed by atoms with E-state index < -0.39 is 43.3 Å². The number of nitrogens with zero attached hydrogens (tertiary/aromatic N) is 3. The number of aromatic nitrogens is 1. The van der Waals surface area contributed by atoms with Gasteiger partial charge in [0, 0.05) is 23.4 Å². The van der Waals surface area contributed by atoms with Crippen LogP contribution in [0.2, 0.25) is 0 Å². The van der Waals surface area contributed by atoms with Gasteiger partial charge in [-0.25, -0.2) is 8.78 Å². The van der Waals surface area contributed by atoms with Crippen molar-refractivity contribution in [1.82, 2.24) is 15.2 Å². The van der Waals surface area contributed by atoms with Crippen LogP contribution >= 0.6 is 0 Å². The van der Waals surface area contributed by atoms with Gasteiger partial charge in [-0.1, -0.05) is 24.3 Å². The van der Waals surface area contributed by atoms with Crippen LogP contribution in [0, 0.1) is 11.3 Å². The molecular formula is C28H22F2N4O3. The number of nitriles is 1. The first-order valence-electron chi connectivity index (χ1n) is 11.6. The number of furan rings is 1. The largest absolute Gasteiger partial charge is 0.464 e. The van der Waals surface area contributed by atoms with Crippen LogP contribution in [-0.4, -0.2) is 46.8 Å². The lowest BCUT2D eigenvalue weighted by Crippen LogP contribution is -2.43. The highest BCUT2D eigenvalue weighted by atomic mass is 19.3. The van der Waals surface area contributed by atoms with Crippen molar-refractivity contribution in [3.8, 4) is 6.07 Å². The summed E-state index contributed by atoms with van der Waals surface area (Å²) in [6.07, 6.45) is 4.41. The molecule has 1 N–H and O–H groups in total. The molecule has 5 rings (SSSR count).